The fourth-order valence-corrected chi connectivity index (χ4v) is 1.35. The minimum Gasteiger partial charge on any atom is -0.478 e. The molecule has 0 radical (unpaired) electrons. The first-order chi connectivity index (χ1) is 9.94. The van der Waals surface area contributed by atoms with Crippen molar-refractivity contribution in [3.8, 4) is 18.2 Å². The van der Waals surface area contributed by atoms with Crippen LogP contribution in [0.5, 0.6) is 0 Å². The second-order valence-corrected chi connectivity index (χ2v) is 3.50. The Morgan fingerprint density at radius 1 is 1.24 bits per heavy atom. The van der Waals surface area contributed by atoms with Gasteiger partial charge < -0.3 is 10.4 Å². The molecule has 0 heterocycles. The number of benzene rings is 1. The highest BCUT2D eigenvalue weighted by Crippen LogP contribution is 2.24. The highest BCUT2D eigenvalue weighted by Gasteiger charge is 2.17. The van der Waals surface area contributed by atoms with Gasteiger partial charge in [-0.05, 0) is 6.07 Å². The normalized spacial score (nSPS) is 8.62. The standard InChI is InChI=1S/C12H5N5O4/c13-4-7(5-14)11(6-15)16-10-2-1-8(17(20)21)3-9(10)12(18)19/h1-3,16H,(H,18,19). The molecule has 0 saturated carbocycles. The third-order valence-electron chi connectivity index (χ3n) is 2.29. The van der Waals surface area contributed by atoms with Crippen LogP contribution in [0.3, 0.4) is 0 Å². The van der Waals surface area contributed by atoms with Gasteiger partial charge in [-0.2, -0.15) is 15.8 Å². The zero-order valence-electron chi connectivity index (χ0n) is 10.2. The molecule has 0 unspecified atom stereocenters. The van der Waals surface area contributed by atoms with Crippen LogP contribution in [0.4, 0.5) is 11.4 Å². The smallest absolute Gasteiger partial charge is 0.338 e. The maximum Gasteiger partial charge on any atom is 0.338 e. The van der Waals surface area contributed by atoms with Gasteiger partial charge >= 0.3 is 5.97 Å². The summed E-state index contributed by atoms with van der Waals surface area (Å²) >= 11 is 0. The zero-order valence-corrected chi connectivity index (χ0v) is 10.2. The van der Waals surface area contributed by atoms with Crippen molar-refractivity contribution in [1.29, 1.82) is 15.8 Å². The minimum atomic E-state index is -1.46. The summed E-state index contributed by atoms with van der Waals surface area (Å²) in [7, 11) is 0. The third kappa shape index (κ3) is 3.31. The van der Waals surface area contributed by atoms with E-state index in [-0.39, 0.29) is 5.69 Å². The average molecular weight is 283 g/mol. The quantitative estimate of drug-likeness (QED) is 0.477. The number of rotatable bonds is 4. The second-order valence-electron chi connectivity index (χ2n) is 3.50. The van der Waals surface area contributed by atoms with E-state index >= 15 is 0 Å². The Bertz CT molecular complexity index is 760. The van der Waals surface area contributed by atoms with Crippen LogP contribution >= 0.6 is 0 Å². The first-order valence-corrected chi connectivity index (χ1v) is 5.18. The average Bonchev–Trinajstić information content (AvgIpc) is 2.47. The number of allylic oxidation sites excluding steroid dienone is 2. The number of aromatic carboxylic acids is 1. The molecule has 0 aliphatic rings. The molecule has 9 heteroatoms. The molecule has 0 saturated heterocycles. The van der Waals surface area contributed by atoms with Crippen molar-refractivity contribution in [2.45, 2.75) is 0 Å². The molecule has 21 heavy (non-hydrogen) atoms. The summed E-state index contributed by atoms with van der Waals surface area (Å²) in [5, 5.41) is 48.2. The molecule has 0 spiro atoms. The molecule has 0 bridgehead atoms. The SMILES string of the molecule is N#CC(C#N)=C(C#N)Nc1ccc([N+](=O)[O-])cc1C(=O)O. The monoisotopic (exact) mass is 283 g/mol. The summed E-state index contributed by atoms with van der Waals surface area (Å²) in [6.07, 6.45) is 0. The predicted molar refractivity (Wildman–Crippen MR) is 67.5 cm³/mol. The summed E-state index contributed by atoms with van der Waals surface area (Å²) < 4.78 is 0. The number of nitro groups is 1. The van der Waals surface area contributed by atoms with E-state index < -0.39 is 33.4 Å². The molecule has 0 atom stereocenters. The largest absolute Gasteiger partial charge is 0.478 e. The Kier molecular flexibility index (Phi) is 4.56. The molecule has 1 rings (SSSR count). The molecule has 0 aliphatic carbocycles. The second kappa shape index (κ2) is 6.32. The summed E-state index contributed by atoms with van der Waals surface area (Å²) in [5.74, 6) is -1.46. The fraction of sp³-hybridized carbons (Fsp3) is 0. The summed E-state index contributed by atoms with van der Waals surface area (Å²) in [6.45, 7) is 0. The Morgan fingerprint density at radius 2 is 1.86 bits per heavy atom. The van der Waals surface area contributed by atoms with Crippen LogP contribution in [0.1, 0.15) is 10.4 Å². The van der Waals surface area contributed by atoms with E-state index in [2.05, 4.69) is 5.32 Å². The predicted octanol–water partition coefficient (Wildman–Crippen LogP) is 1.53. The summed E-state index contributed by atoms with van der Waals surface area (Å²) in [5.41, 5.74) is -2.04. The number of carboxylic acid groups (broad SMARTS) is 1. The van der Waals surface area contributed by atoms with E-state index in [0.29, 0.717) is 0 Å². The Morgan fingerprint density at radius 3 is 2.29 bits per heavy atom. The van der Waals surface area contributed by atoms with Crippen LogP contribution < -0.4 is 5.32 Å². The van der Waals surface area contributed by atoms with E-state index in [1.54, 1.807) is 6.07 Å². The van der Waals surface area contributed by atoms with Crippen molar-refractivity contribution in [1.82, 2.24) is 0 Å². The molecular formula is C12H5N5O4. The van der Waals surface area contributed by atoms with Gasteiger partial charge in [0.2, 0.25) is 0 Å². The molecule has 0 amide bonds. The topological polar surface area (TPSA) is 164 Å². The van der Waals surface area contributed by atoms with Gasteiger partial charge in [-0.3, -0.25) is 10.1 Å². The molecule has 2 N–H and O–H groups in total. The van der Waals surface area contributed by atoms with Crippen LogP contribution in [0.2, 0.25) is 0 Å². The maximum atomic E-state index is 11.1. The number of hydrogen-bond acceptors (Lipinski definition) is 7. The number of carboxylic acids is 1. The highest BCUT2D eigenvalue weighted by atomic mass is 16.6. The number of non-ortho nitro benzene ring substituents is 1. The number of carbonyl (C=O) groups is 1. The van der Waals surface area contributed by atoms with Gasteiger partial charge in [0.25, 0.3) is 5.69 Å². The molecule has 0 fully saturated rings. The number of hydrogen-bond donors (Lipinski definition) is 2. The lowest BCUT2D eigenvalue weighted by Crippen LogP contribution is -2.07. The van der Waals surface area contributed by atoms with E-state index in [1.807, 2.05) is 0 Å². The van der Waals surface area contributed by atoms with Gasteiger partial charge in [0, 0.05) is 12.1 Å². The van der Waals surface area contributed by atoms with Crippen molar-refractivity contribution in [2.75, 3.05) is 5.32 Å². The summed E-state index contributed by atoms with van der Waals surface area (Å²) in [4.78, 5) is 20.9. The number of nitrogens with one attached hydrogen (secondary N) is 1. The molecular weight excluding hydrogens is 278 g/mol. The summed E-state index contributed by atoms with van der Waals surface area (Å²) in [6, 6.07) is 7.42. The lowest BCUT2D eigenvalue weighted by Gasteiger charge is -2.08. The number of anilines is 1. The van der Waals surface area contributed by atoms with Crippen molar-refractivity contribution in [3.05, 3.63) is 45.1 Å². The zero-order chi connectivity index (χ0) is 16.0. The molecule has 102 valence electrons. The number of nitro benzene ring substituents is 1. The fourth-order valence-electron chi connectivity index (χ4n) is 1.35. The van der Waals surface area contributed by atoms with Gasteiger partial charge in [0.15, 0.2) is 5.57 Å². The van der Waals surface area contributed by atoms with E-state index in [9.17, 15) is 14.9 Å². The molecule has 1 aromatic carbocycles. The Hall–Kier alpha value is -3.90. The Labute approximate surface area is 117 Å². The minimum absolute atomic E-state index is 0.146. The van der Waals surface area contributed by atoms with Crippen molar-refractivity contribution >= 4 is 17.3 Å². The van der Waals surface area contributed by atoms with Gasteiger partial charge in [-0.15, -0.1) is 0 Å². The van der Waals surface area contributed by atoms with Crippen molar-refractivity contribution in [2.24, 2.45) is 0 Å². The molecule has 1 aromatic rings. The van der Waals surface area contributed by atoms with E-state index in [4.69, 9.17) is 20.9 Å². The van der Waals surface area contributed by atoms with E-state index in [0.717, 1.165) is 18.2 Å². The van der Waals surface area contributed by atoms with Crippen LogP contribution in [0.25, 0.3) is 0 Å². The molecule has 9 nitrogen and oxygen atoms in total. The number of nitriles is 3. The lowest BCUT2D eigenvalue weighted by atomic mass is 10.1. The van der Waals surface area contributed by atoms with Gasteiger partial charge in [-0.25, -0.2) is 4.79 Å². The molecule has 0 aromatic heterocycles. The van der Waals surface area contributed by atoms with Crippen LogP contribution in [0, 0.1) is 44.1 Å². The van der Waals surface area contributed by atoms with Crippen LogP contribution in [0.15, 0.2) is 29.5 Å². The third-order valence-corrected chi connectivity index (χ3v) is 2.29. The van der Waals surface area contributed by atoms with E-state index in [1.165, 1.54) is 12.1 Å². The highest BCUT2D eigenvalue weighted by molar-refractivity contribution is 5.95. The first-order valence-electron chi connectivity index (χ1n) is 5.18. The van der Waals surface area contributed by atoms with Gasteiger partial charge in [0.05, 0.1) is 16.2 Å². The first kappa shape index (κ1) is 15.2. The van der Waals surface area contributed by atoms with Crippen molar-refractivity contribution < 1.29 is 14.8 Å². The van der Waals surface area contributed by atoms with Gasteiger partial charge in [0.1, 0.15) is 23.9 Å². The van der Waals surface area contributed by atoms with Crippen LogP contribution in [-0.4, -0.2) is 16.0 Å². The van der Waals surface area contributed by atoms with Crippen LogP contribution in [-0.2, 0) is 0 Å². The maximum absolute atomic E-state index is 11.1. The van der Waals surface area contributed by atoms with Gasteiger partial charge in [-0.1, -0.05) is 0 Å². The molecule has 0 aliphatic heterocycles. The lowest BCUT2D eigenvalue weighted by molar-refractivity contribution is -0.384. The number of nitrogens with zero attached hydrogens (tertiary/aromatic N) is 4. The Balaban J connectivity index is 3.40. The van der Waals surface area contributed by atoms with Crippen molar-refractivity contribution in [3.63, 3.8) is 0 Å².